The second-order valence-electron chi connectivity index (χ2n) is 4.48. The van der Waals surface area contributed by atoms with Crippen molar-refractivity contribution in [3.05, 3.63) is 36.2 Å². The number of carbonyl (C=O) groups excluding carboxylic acids is 3. The van der Waals surface area contributed by atoms with E-state index in [4.69, 9.17) is 9.47 Å². The third-order valence-corrected chi connectivity index (χ3v) is 2.74. The summed E-state index contributed by atoms with van der Waals surface area (Å²) in [5.41, 5.74) is 0.491. The molecule has 24 heavy (non-hydrogen) atoms. The summed E-state index contributed by atoms with van der Waals surface area (Å²) in [5, 5.41) is 12.7. The quantitative estimate of drug-likeness (QED) is 0.704. The maximum absolute atomic E-state index is 11.9. The zero-order chi connectivity index (χ0) is 17.4. The predicted molar refractivity (Wildman–Crippen MR) is 79.8 cm³/mol. The second-order valence-corrected chi connectivity index (χ2v) is 4.48. The number of hydrogen-bond donors (Lipinski definition) is 1. The van der Waals surface area contributed by atoms with E-state index in [1.807, 2.05) is 0 Å². The van der Waals surface area contributed by atoms with Gasteiger partial charge in [0.05, 0.1) is 17.9 Å². The Kier molecular flexibility index (Phi) is 5.95. The van der Waals surface area contributed by atoms with Crippen LogP contribution < -0.4 is 5.32 Å². The Balaban J connectivity index is 1.88. The van der Waals surface area contributed by atoms with E-state index in [-0.39, 0.29) is 24.4 Å². The minimum Gasteiger partial charge on any atom is -0.462 e. The number of anilines is 1. The number of para-hydroxylation sites is 1. The van der Waals surface area contributed by atoms with Gasteiger partial charge in [-0.2, -0.15) is 0 Å². The normalized spacial score (nSPS) is 10.0. The molecule has 0 aliphatic rings. The maximum Gasteiger partial charge on any atom is 0.340 e. The first kappa shape index (κ1) is 17.1. The number of nitrogens with zero attached hydrogens (tertiary/aromatic N) is 4. The molecule has 0 atom stereocenters. The molecule has 1 heterocycles. The smallest absolute Gasteiger partial charge is 0.340 e. The number of tetrazole rings is 1. The Morgan fingerprint density at radius 1 is 1.21 bits per heavy atom. The molecule has 1 aromatic heterocycles. The average Bonchev–Trinajstić information content (AvgIpc) is 3.06. The highest BCUT2D eigenvalue weighted by molar-refractivity contribution is 6.01. The molecule has 0 saturated carbocycles. The van der Waals surface area contributed by atoms with Gasteiger partial charge in [-0.1, -0.05) is 12.1 Å². The lowest BCUT2D eigenvalue weighted by Crippen LogP contribution is -2.24. The highest BCUT2D eigenvalue weighted by Gasteiger charge is 2.15. The molecule has 1 amide bonds. The summed E-state index contributed by atoms with van der Waals surface area (Å²) in [5.74, 6) is -1.81. The molecule has 2 aromatic rings. The van der Waals surface area contributed by atoms with Crippen molar-refractivity contribution in [3.8, 4) is 0 Å². The number of carbonyl (C=O) groups is 3. The number of esters is 2. The largest absolute Gasteiger partial charge is 0.462 e. The van der Waals surface area contributed by atoms with Crippen LogP contribution in [0.3, 0.4) is 0 Å². The van der Waals surface area contributed by atoms with Crippen molar-refractivity contribution in [2.75, 3.05) is 18.5 Å². The van der Waals surface area contributed by atoms with Crippen LogP contribution in [-0.4, -0.2) is 51.3 Å². The van der Waals surface area contributed by atoms with Crippen molar-refractivity contribution in [2.45, 2.75) is 13.5 Å². The van der Waals surface area contributed by atoms with Crippen LogP contribution in [0, 0.1) is 0 Å². The first-order valence-electron chi connectivity index (χ1n) is 7.02. The summed E-state index contributed by atoms with van der Waals surface area (Å²) in [6, 6.07) is 6.38. The van der Waals surface area contributed by atoms with Crippen LogP contribution in [-0.2, 0) is 25.6 Å². The van der Waals surface area contributed by atoms with Gasteiger partial charge in [0, 0.05) is 0 Å². The van der Waals surface area contributed by atoms with Crippen molar-refractivity contribution in [1.82, 2.24) is 20.2 Å². The van der Waals surface area contributed by atoms with Crippen LogP contribution in [0.5, 0.6) is 0 Å². The Labute approximate surface area is 136 Å². The van der Waals surface area contributed by atoms with Gasteiger partial charge >= 0.3 is 11.9 Å². The molecule has 0 bridgehead atoms. The summed E-state index contributed by atoms with van der Waals surface area (Å²) in [7, 11) is 0. The Morgan fingerprint density at radius 2 is 2.00 bits per heavy atom. The number of hydrogen-bond acceptors (Lipinski definition) is 8. The Bertz CT molecular complexity index is 716. The molecular weight excluding hydrogens is 318 g/mol. The maximum atomic E-state index is 11.9. The van der Waals surface area contributed by atoms with Gasteiger partial charge in [-0.3, -0.25) is 9.59 Å². The zero-order valence-corrected chi connectivity index (χ0v) is 12.8. The molecule has 10 nitrogen and oxygen atoms in total. The number of aromatic nitrogens is 4. The minimum absolute atomic E-state index is 0.209. The summed E-state index contributed by atoms with van der Waals surface area (Å²) in [6.07, 6.45) is 1.25. The standard InChI is InChI=1S/C14H15N5O5/c1-2-23-14(22)10-5-3-4-6-11(10)16-12(20)8-24-13(21)7-19-9-15-17-18-19/h3-6,9H,2,7-8H2,1H3,(H,16,20). The van der Waals surface area contributed by atoms with Crippen LogP contribution in [0.4, 0.5) is 5.69 Å². The molecule has 2 rings (SSSR count). The van der Waals surface area contributed by atoms with Crippen LogP contribution in [0.25, 0.3) is 0 Å². The van der Waals surface area contributed by atoms with E-state index in [0.29, 0.717) is 0 Å². The van der Waals surface area contributed by atoms with Crippen molar-refractivity contribution in [3.63, 3.8) is 0 Å². The van der Waals surface area contributed by atoms with Crippen molar-refractivity contribution < 1.29 is 23.9 Å². The number of ether oxygens (including phenoxy) is 2. The summed E-state index contributed by atoms with van der Waals surface area (Å²) in [6.45, 7) is 1.19. The van der Waals surface area contributed by atoms with Gasteiger partial charge < -0.3 is 14.8 Å². The predicted octanol–water partition coefficient (Wildman–Crippen LogP) is 0.0317. The molecule has 10 heteroatoms. The molecule has 0 radical (unpaired) electrons. The van der Waals surface area contributed by atoms with Gasteiger partial charge in [-0.15, -0.1) is 5.10 Å². The second kappa shape index (κ2) is 8.36. The minimum atomic E-state index is -0.670. The van der Waals surface area contributed by atoms with Crippen molar-refractivity contribution >= 4 is 23.5 Å². The molecule has 0 fully saturated rings. The lowest BCUT2D eigenvalue weighted by atomic mass is 10.2. The van der Waals surface area contributed by atoms with E-state index < -0.39 is 24.5 Å². The van der Waals surface area contributed by atoms with Gasteiger partial charge in [0.1, 0.15) is 12.9 Å². The summed E-state index contributed by atoms with van der Waals surface area (Å²) >= 11 is 0. The van der Waals surface area contributed by atoms with E-state index >= 15 is 0 Å². The molecule has 1 aromatic carbocycles. The number of benzene rings is 1. The first-order valence-corrected chi connectivity index (χ1v) is 7.02. The van der Waals surface area contributed by atoms with Crippen LogP contribution in [0.1, 0.15) is 17.3 Å². The SMILES string of the molecule is CCOC(=O)c1ccccc1NC(=O)COC(=O)Cn1cnnn1. The number of nitrogens with one attached hydrogen (secondary N) is 1. The molecule has 1 N–H and O–H groups in total. The molecule has 0 aliphatic carbocycles. The third-order valence-electron chi connectivity index (χ3n) is 2.74. The topological polar surface area (TPSA) is 125 Å². The van der Waals surface area contributed by atoms with Crippen LogP contribution in [0.2, 0.25) is 0 Å². The number of amides is 1. The third kappa shape index (κ3) is 4.87. The van der Waals surface area contributed by atoms with E-state index in [1.165, 1.54) is 12.4 Å². The molecule has 0 aliphatic heterocycles. The van der Waals surface area contributed by atoms with Crippen LogP contribution >= 0.6 is 0 Å². The fourth-order valence-electron chi connectivity index (χ4n) is 1.74. The van der Waals surface area contributed by atoms with Crippen LogP contribution in [0.15, 0.2) is 30.6 Å². The average molecular weight is 333 g/mol. The molecule has 0 unspecified atom stereocenters. The van der Waals surface area contributed by atoms with Gasteiger partial charge in [-0.05, 0) is 29.5 Å². The van der Waals surface area contributed by atoms with E-state index in [9.17, 15) is 14.4 Å². The monoisotopic (exact) mass is 333 g/mol. The van der Waals surface area contributed by atoms with E-state index in [1.54, 1.807) is 25.1 Å². The highest BCUT2D eigenvalue weighted by atomic mass is 16.5. The fourth-order valence-corrected chi connectivity index (χ4v) is 1.74. The molecular formula is C14H15N5O5. The molecule has 0 spiro atoms. The van der Waals surface area contributed by atoms with Crippen molar-refractivity contribution in [2.24, 2.45) is 0 Å². The van der Waals surface area contributed by atoms with Gasteiger partial charge in [0.25, 0.3) is 5.91 Å². The van der Waals surface area contributed by atoms with E-state index in [2.05, 4.69) is 20.8 Å². The Morgan fingerprint density at radius 3 is 2.71 bits per heavy atom. The lowest BCUT2D eigenvalue weighted by Gasteiger charge is -2.10. The van der Waals surface area contributed by atoms with Gasteiger partial charge in [0.15, 0.2) is 6.61 Å². The highest BCUT2D eigenvalue weighted by Crippen LogP contribution is 2.16. The molecule has 126 valence electrons. The Hall–Kier alpha value is -3.30. The van der Waals surface area contributed by atoms with E-state index in [0.717, 1.165) is 4.68 Å². The fraction of sp³-hybridized carbons (Fsp3) is 0.286. The molecule has 0 saturated heterocycles. The van der Waals surface area contributed by atoms with Gasteiger partial charge in [-0.25, -0.2) is 9.48 Å². The summed E-state index contributed by atoms with van der Waals surface area (Å²) in [4.78, 5) is 35.2. The van der Waals surface area contributed by atoms with Gasteiger partial charge in [0.2, 0.25) is 0 Å². The van der Waals surface area contributed by atoms with Crippen molar-refractivity contribution in [1.29, 1.82) is 0 Å². The number of rotatable bonds is 7. The summed E-state index contributed by atoms with van der Waals surface area (Å²) < 4.78 is 10.9. The lowest BCUT2D eigenvalue weighted by molar-refractivity contribution is -0.148. The first-order chi connectivity index (χ1) is 11.6. The zero-order valence-electron chi connectivity index (χ0n) is 12.8.